The average Bonchev–Trinajstić information content (AvgIpc) is 2.90. The third-order valence-corrected chi connectivity index (χ3v) is 5.05. The molecule has 5 nitrogen and oxygen atoms in total. The molecule has 0 amide bonds. The summed E-state index contributed by atoms with van der Waals surface area (Å²) in [5.41, 5.74) is 3.47. The van der Waals surface area contributed by atoms with Crippen molar-refractivity contribution >= 4 is 17.3 Å². The van der Waals surface area contributed by atoms with Crippen LogP contribution < -0.4 is 15.4 Å². The normalized spacial score (nSPS) is 11.5. The molecule has 1 heterocycles. The van der Waals surface area contributed by atoms with Crippen LogP contribution in [0.3, 0.4) is 0 Å². The Morgan fingerprint density at radius 2 is 1.88 bits per heavy atom. The second-order valence-electron chi connectivity index (χ2n) is 6.02. The van der Waals surface area contributed by atoms with Gasteiger partial charge in [0.1, 0.15) is 10.8 Å². The highest BCUT2D eigenvalue weighted by molar-refractivity contribution is 7.11. The van der Waals surface area contributed by atoms with E-state index in [0.29, 0.717) is 13.2 Å². The monoisotopic (exact) mass is 360 g/mol. The predicted molar refractivity (Wildman–Crippen MR) is 106 cm³/mol. The first-order chi connectivity index (χ1) is 12.0. The van der Waals surface area contributed by atoms with Crippen LogP contribution in [0, 0.1) is 27.7 Å². The van der Waals surface area contributed by atoms with E-state index in [1.807, 2.05) is 6.92 Å². The molecular weight excluding hydrogens is 332 g/mol. The fourth-order valence-corrected chi connectivity index (χ4v) is 3.35. The Labute approximate surface area is 154 Å². The second kappa shape index (κ2) is 9.42. The number of thiazole rings is 1. The van der Waals surface area contributed by atoms with Crippen LogP contribution in [0.5, 0.6) is 5.75 Å². The highest BCUT2D eigenvalue weighted by Gasteiger charge is 2.05. The maximum atomic E-state index is 5.92. The summed E-state index contributed by atoms with van der Waals surface area (Å²) in [5.74, 6) is 1.79. The van der Waals surface area contributed by atoms with E-state index in [2.05, 4.69) is 59.6 Å². The lowest BCUT2D eigenvalue weighted by molar-refractivity contribution is 0.307. The number of aryl methyl sites for hydroxylation is 4. The van der Waals surface area contributed by atoms with E-state index in [9.17, 15) is 0 Å². The van der Waals surface area contributed by atoms with Crippen molar-refractivity contribution in [1.82, 2.24) is 15.6 Å². The van der Waals surface area contributed by atoms with Gasteiger partial charge in [-0.25, -0.2) is 4.98 Å². The SMILES string of the molecule is CN=C(NCCCOc1c(C)cccc1C)NCc1nc(C)c(C)s1. The molecule has 2 N–H and O–H groups in total. The third kappa shape index (κ3) is 5.74. The first kappa shape index (κ1) is 19.2. The molecule has 0 aliphatic rings. The quantitative estimate of drug-likeness (QED) is 0.451. The van der Waals surface area contributed by atoms with Gasteiger partial charge in [0.25, 0.3) is 0 Å². The molecule has 25 heavy (non-hydrogen) atoms. The maximum absolute atomic E-state index is 5.92. The molecule has 2 rings (SSSR count). The van der Waals surface area contributed by atoms with Crippen LogP contribution >= 0.6 is 11.3 Å². The molecule has 0 saturated carbocycles. The molecule has 0 bridgehead atoms. The number of ether oxygens (including phenoxy) is 1. The number of para-hydroxylation sites is 1. The van der Waals surface area contributed by atoms with E-state index in [1.54, 1.807) is 18.4 Å². The molecule has 6 heteroatoms. The Balaban J connectivity index is 1.69. The number of nitrogens with zero attached hydrogens (tertiary/aromatic N) is 2. The lowest BCUT2D eigenvalue weighted by Crippen LogP contribution is -2.37. The molecule has 0 atom stereocenters. The van der Waals surface area contributed by atoms with Crippen LogP contribution in [0.2, 0.25) is 0 Å². The van der Waals surface area contributed by atoms with Gasteiger partial charge in [0.05, 0.1) is 18.8 Å². The molecule has 0 aliphatic carbocycles. The zero-order valence-electron chi connectivity index (χ0n) is 15.8. The van der Waals surface area contributed by atoms with Crippen molar-refractivity contribution in [2.75, 3.05) is 20.2 Å². The number of aliphatic imine (C=N–C) groups is 1. The van der Waals surface area contributed by atoms with E-state index < -0.39 is 0 Å². The van der Waals surface area contributed by atoms with E-state index in [-0.39, 0.29) is 0 Å². The molecule has 136 valence electrons. The molecule has 1 aromatic carbocycles. The summed E-state index contributed by atoms with van der Waals surface area (Å²) >= 11 is 1.72. The number of aromatic nitrogens is 1. The summed E-state index contributed by atoms with van der Waals surface area (Å²) in [6, 6.07) is 6.21. The van der Waals surface area contributed by atoms with E-state index >= 15 is 0 Å². The summed E-state index contributed by atoms with van der Waals surface area (Å²) in [6.07, 6.45) is 0.907. The molecular formula is C19H28N4OS. The minimum absolute atomic E-state index is 0.681. The standard InChI is InChI=1S/C19H28N4OS/c1-13-8-6-9-14(2)18(13)24-11-7-10-21-19(20-5)22-12-17-23-15(3)16(4)25-17/h6,8-9H,7,10-12H2,1-5H3,(H2,20,21,22). The van der Waals surface area contributed by atoms with E-state index in [4.69, 9.17) is 4.74 Å². The minimum Gasteiger partial charge on any atom is -0.493 e. The van der Waals surface area contributed by atoms with Crippen LogP contribution in [0.25, 0.3) is 0 Å². The van der Waals surface area contributed by atoms with Crippen LogP contribution in [0.15, 0.2) is 23.2 Å². The van der Waals surface area contributed by atoms with Crippen LogP contribution in [-0.2, 0) is 6.54 Å². The summed E-state index contributed by atoms with van der Waals surface area (Å²) in [7, 11) is 1.78. The minimum atomic E-state index is 0.681. The van der Waals surface area contributed by atoms with Crippen molar-refractivity contribution in [2.24, 2.45) is 4.99 Å². The van der Waals surface area contributed by atoms with Gasteiger partial charge in [0.15, 0.2) is 5.96 Å². The Morgan fingerprint density at radius 3 is 2.48 bits per heavy atom. The van der Waals surface area contributed by atoms with E-state index in [0.717, 1.165) is 35.4 Å². The van der Waals surface area contributed by atoms with Crippen molar-refractivity contribution in [1.29, 1.82) is 0 Å². The highest BCUT2D eigenvalue weighted by atomic mass is 32.1. The number of hydrogen-bond donors (Lipinski definition) is 2. The van der Waals surface area contributed by atoms with Crippen molar-refractivity contribution < 1.29 is 4.74 Å². The topological polar surface area (TPSA) is 58.5 Å². The second-order valence-corrected chi connectivity index (χ2v) is 7.31. The summed E-state index contributed by atoms with van der Waals surface area (Å²) in [6.45, 7) is 10.5. The van der Waals surface area contributed by atoms with Crippen molar-refractivity contribution in [2.45, 2.75) is 40.7 Å². The Kier molecular flexibility index (Phi) is 7.25. The lowest BCUT2D eigenvalue weighted by Gasteiger charge is -2.13. The number of guanidine groups is 1. The zero-order valence-corrected chi connectivity index (χ0v) is 16.6. The summed E-state index contributed by atoms with van der Waals surface area (Å²) < 4.78 is 5.92. The summed E-state index contributed by atoms with van der Waals surface area (Å²) in [4.78, 5) is 10.0. The van der Waals surface area contributed by atoms with Gasteiger partial charge < -0.3 is 15.4 Å². The van der Waals surface area contributed by atoms with Gasteiger partial charge >= 0.3 is 0 Å². The molecule has 0 radical (unpaired) electrons. The molecule has 0 saturated heterocycles. The highest BCUT2D eigenvalue weighted by Crippen LogP contribution is 2.22. The fourth-order valence-electron chi connectivity index (χ4n) is 2.47. The molecule has 1 aromatic heterocycles. The largest absolute Gasteiger partial charge is 0.493 e. The van der Waals surface area contributed by atoms with Crippen molar-refractivity contribution in [3.05, 3.63) is 44.9 Å². The van der Waals surface area contributed by atoms with Gasteiger partial charge in [-0.05, 0) is 45.2 Å². The molecule has 2 aromatic rings. The fraction of sp³-hybridized carbons (Fsp3) is 0.474. The lowest BCUT2D eigenvalue weighted by atomic mass is 10.1. The number of rotatable bonds is 7. The maximum Gasteiger partial charge on any atom is 0.191 e. The van der Waals surface area contributed by atoms with Crippen molar-refractivity contribution in [3.63, 3.8) is 0 Å². The van der Waals surface area contributed by atoms with Gasteiger partial charge in [-0.2, -0.15) is 0 Å². The first-order valence-corrected chi connectivity index (χ1v) is 9.39. The van der Waals surface area contributed by atoms with Crippen molar-refractivity contribution in [3.8, 4) is 5.75 Å². The molecule has 0 aliphatic heterocycles. The Bertz CT molecular complexity index is 684. The number of nitrogens with one attached hydrogen (secondary N) is 2. The molecule has 0 fully saturated rings. The van der Waals surface area contributed by atoms with Gasteiger partial charge in [-0.15, -0.1) is 11.3 Å². The average molecular weight is 361 g/mol. The predicted octanol–water partition coefficient (Wildman–Crippen LogP) is 3.51. The van der Waals surface area contributed by atoms with E-state index in [1.165, 1.54) is 16.0 Å². The third-order valence-electron chi connectivity index (χ3n) is 3.97. The van der Waals surface area contributed by atoms with Crippen LogP contribution in [0.4, 0.5) is 0 Å². The van der Waals surface area contributed by atoms with Crippen LogP contribution in [0.1, 0.15) is 33.1 Å². The van der Waals surface area contributed by atoms with Gasteiger partial charge in [0, 0.05) is 18.5 Å². The van der Waals surface area contributed by atoms with Gasteiger partial charge in [-0.3, -0.25) is 4.99 Å². The Hall–Kier alpha value is -2.08. The molecule has 0 unspecified atom stereocenters. The number of hydrogen-bond acceptors (Lipinski definition) is 4. The van der Waals surface area contributed by atoms with Gasteiger partial charge in [-0.1, -0.05) is 18.2 Å². The first-order valence-electron chi connectivity index (χ1n) is 8.57. The Morgan fingerprint density at radius 1 is 1.16 bits per heavy atom. The smallest absolute Gasteiger partial charge is 0.191 e. The molecule has 0 spiro atoms. The van der Waals surface area contributed by atoms with Gasteiger partial charge in [0.2, 0.25) is 0 Å². The summed E-state index contributed by atoms with van der Waals surface area (Å²) in [5, 5.41) is 7.69. The zero-order chi connectivity index (χ0) is 18.2. The van der Waals surface area contributed by atoms with Crippen LogP contribution in [-0.4, -0.2) is 31.1 Å². The number of benzene rings is 1.